The average molecular weight is 672 g/mol. The minimum atomic E-state index is -0.780. The smallest absolute Gasteiger partial charge is 0.338 e. The van der Waals surface area contributed by atoms with Crippen LogP contribution in [0.2, 0.25) is 10.0 Å². The Balaban J connectivity index is 1.46. The van der Waals surface area contributed by atoms with Gasteiger partial charge in [0.15, 0.2) is 4.80 Å². The lowest BCUT2D eigenvalue weighted by Gasteiger charge is -2.26. The molecule has 4 aromatic carbocycles. The van der Waals surface area contributed by atoms with Gasteiger partial charge in [0, 0.05) is 21.2 Å². The maximum atomic E-state index is 14.2. The summed E-state index contributed by atoms with van der Waals surface area (Å²) in [5.41, 5.74) is 3.49. The maximum absolute atomic E-state index is 14.2. The third kappa shape index (κ3) is 6.51. The second-order valence-electron chi connectivity index (χ2n) is 10.3. The van der Waals surface area contributed by atoms with Gasteiger partial charge in [0.25, 0.3) is 5.56 Å². The first-order valence-electron chi connectivity index (χ1n) is 14.5. The summed E-state index contributed by atoms with van der Waals surface area (Å²) in [6.45, 7) is 2.18. The summed E-state index contributed by atoms with van der Waals surface area (Å²) in [5, 5.41) is 1.07. The Morgan fingerprint density at radius 2 is 1.74 bits per heavy atom. The van der Waals surface area contributed by atoms with Gasteiger partial charge in [-0.15, -0.1) is 0 Å². The molecule has 0 spiro atoms. The standard InChI is InChI=1S/C36H28Cl2N2O5S/c1-3-44-35(42)31-32(23-9-5-4-6-10-23)39-36-40(33(31)24-13-16-27(43-2)17-14-24)34(41)30(46-36)19-22-8-7-11-28(18-22)45-21-25-12-15-26(37)20-29(25)38/h4-20,33H,3,21H2,1-2H3/b30-19-/t33-/m0/s1. The summed E-state index contributed by atoms with van der Waals surface area (Å²) >= 11 is 13.6. The third-order valence-corrected chi connectivity index (χ3v) is 8.94. The van der Waals surface area contributed by atoms with Gasteiger partial charge in [0.05, 0.1) is 35.6 Å². The van der Waals surface area contributed by atoms with Crippen LogP contribution in [0.25, 0.3) is 11.8 Å². The van der Waals surface area contributed by atoms with Crippen molar-refractivity contribution in [1.29, 1.82) is 0 Å². The molecule has 0 aliphatic carbocycles. The van der Waals surface area contributed by atoms with Crippen molar-refractivity contribution in [3.05, 3.63) is 155 Å². The van der Waals surface area contributed by atoms with Crippen LogP contribution in [-0.2, 0) is 16.1 Å². The Labute approximate surface area is 279 Å². The number of fused-ring (bicyclic) bond motifs is 1. The van der Waals surface area contributed by atoms with Gasteiger partial charge in [0.1, 0.15) is 18.1 Å². The highest BCUT2D eigenvalue weighted by atomic mass is 35.5. The molecule has 6 rings (SSSR count). The number of carbonyl (C=O) groups is 1. The molecule has 1 aliphatic rings. The van der Waals surface area contributed by atoms with Gasteiger partial charge in [-0.2, -0.15) is 0 Å². The molecule has 0 N–H and O–H groups in total. The van der Waals surface area contributed by atoms with Crippen LogP contribution in [-0.4, -0.2) is 24.3 Å². The predicted octanol–water partition coefficient (Wildman–Crippen LogP) is 6.83. The minimum Gasteiger partial charge on any atom is -0.497 e. The largest absolute Gasteiger partial charge is 0.497 e. The van der Waals surface area contributed by atoms with Crippen LogP contribution in [0, 0.1) is 0 Å². The number of halogens is 2. The first kappa shape index (κ1) is 31.4. The number of carbonyl (C=O) groups excluding carboxylic acids is 1. The van der Waals surface area contributed by atoms with E-state index < -0.39 is 12.0 Å². The zero-order chi connectivity index (χ0) is 32.2. The quantitative estimate of drug-likeness (QED) is 0.161. The molecular weight excluding hydrogens is 643 g/mol. The van der Waals surface area contributed by atoms with Crippen LogP contribution < -0.4 is 24.4 Å². The van der Waals surface area contributed by atoms with Gasteiger partial charge in [-0.1, -0.05) is 95.2 Å². The van der Waals surface area contributed by atoms with Crippen LogP contribution in [0.15, 0.2) is 112 Å². The number of hydrogen-bond acceptors (Lipinski definition) is 7. The van der Waals surface area contributed by atoms with Gasteiger partial charge in [0.2, 0.25) is 0 Å². The average Bonchev–Trinajstić information content (AvgIpc) is 3.38. The van der Waals surface area contributed by atoms with Crippen molar-refractivity contribution >= 4 is 52.3 Å². The van der Waals surface area contributed by atoms with Crippen molar-refractivity contribution < 1.29 is 19.0 Å². The van der Waals surface area contributed by atoms with E-state index in [1.807, 2.05) is 72.8 Å². The molecule has 10 heteroatoms. The van der Waals surface area contributed by atoms with Crippen molar-refractivity contribution in [1.82, 2.24) is 4.57 Å². The van der Waals surface area contributed by atoms with Crippen LogP contribution in [0.3, 0.4) is 0 Å². The van der Waals surface area contributed by atoms with Gasteiger partial charge in [-0.3, -0.25) is 9.36 Å². The maximum Gasteiger partial charge on any atom is 0.338 e. The summed E-state index contributed by atoms with van der Waals surface area (Å²) in [4.78, 5) is 33.2. The second kappa shape index (κ2) is 13.8. The number of aromatic nitrogens is 1. The number of thiazole rings is 1. The predicted molar refractivity (Wildman–Crippen MR) is 181 cm³/mol. The summed E-state index contributed by atoms with van der Waals surface area (Å²) in [6.07, 6.45) is 1.80. The van der Waals surface area contributed by atoms with E-state index in [1.165, 1.54) is 11.3 Å². The van der Waals surface area contributed by atoms with Crippen LogP contribution in [0.5, 0.6) is 11.5 Å². The molecule has 7 nitrogen and oxygen atoms in total. The normalized spacial score (nSPS) is 14.4. The lowest BCUT2D eigenvalue weighted by atomic mass is 9.93. The number of benzene rings is 4. The van der Waals surface area contributed by atoms with Crippen molar-refractivity contribution in [3.63, 3.8) is 0 Å². The summed E-state index contributed by atoms with van der Waals surface area (Å²) in [5.74, 6) is 0.729. The Kier molecular flexibility index (Phi) is 9.40. The number of hydrogen-bond donors (Lipinski definition) is 0. The molecule has 0 amide bonds. The van der Waals surface area contributed by atoms with E-state index in [-0.39, 0.29) is 24.3 Å². The fourth-order valence-corrected chi connectivity index (χ4v) is 6.65. The van der Waals surface area contributed by atoms with E-state index in [0.29, 0.717) is 36.6 Å². The van der Waals surface area contributed by atoms with Crippen LogP contribution in [0.1, 0.15) is 35.2 Å². The Bertz CT molecular complexity index is 2120. The van der Waals surface area contributed by atoms with Gasteiger partial charge < -0.3 is 14.2 Å². The number of nitrogens with zero attached hydrogens (tertiary/aromatic N) is 2. The second-order valence-corrected chi connectivity index (χ2v) is 12.2. The van der Waals surface area contributed by atoms with Crippen LogP contribution >= 0.6 is 34.5 Å². The highest BCUT2D eigenvalue weighted by Gasteiger charge is 2.35. The number of rotatable bonds is 9. The Hall–Kier alpha value is -4.63. The fraction of sp³-hybridized carbons (Fsp3) is 0.139. The van der Waals surface area contributed by atoms with E-state index in [9.17, 15) is 9.59 Å². The molecule has 0 fully saturated rings. The van der Waals surface area contributed by atoms with Gasteiger partial charge in [-0.25, -0.2) is 9.79 Å². The molecule has 0 saturated carbocycles. The number of esters is 1. The fourth-order valence-electron chi connectivity index (χ4n) is 5.19. The van der Waals surface area contributed by atoms with Gasteiger partial charge in [-0.05, 0) is 60.5 Å². The molecule has 0 unspecified atom stereocenters. The third-order valence-electron chi connectivity index (χ3n) is 7.37. The minimum absolute atomic E-state index is 0.173. The molecule has 1 aliphatic heterocycles. The molecule has 0 bridgehead atoms. The Morgan fingerprint density at radius 1 is 0.957 bits per heavy atom. The Morgan fingerprint density at radius 3 is 2.46 bits per heavy atom. The molecule has 46 heavy (non-hydrogen) atoms. The van der Waals surface area contributed by atoms with Gasteiger partial charge >= 0.3 is 5.97 Å². The zero-order valence-corrected chi connectivity index (χ0v) is 27.2. The van der Waals surface area contributed by atoms with E-state index in [1.54, 1.807) is 48.9 Å². The molecule has 1 atom stereocenters. The molecule has 232 valence electrons. The molecule has 5 aromatic rings. The lowest BCUT2D eigenvalue weighted by Crippen LogP contribution is -2.40. The van der Waals surface area contributed by atoms with Crippen molar-refractivity contribution in [2.45, 2.75) is 19.6 Å². The highest BCUT2D eigenvalue weighted by molar-refractivity contribution is 7.07. The molecule has 2 heterocycles. The lowest BCUT2D eigenvalue weighted by molar-refractivity contribution is -0.138. The SMILES string of the molecule is CCOC(=O)C1=C(c2ccccc2)N=c2s/c(=C\c3cccc(OCc4ccc(Cl)cc4Cl)c3)c(=O)n2[C@H]1c1ccc(OC)cc1. The first-order chi connectivity index (χ1) is 22.4. The van der Waals surface area contributed by atoms with E-state index in [4.69, 9.17) is 42.4 Å². The van der Waals surface area contributed by atoms with Crippen molar-refractivity contribution in [2.75, 3.05) is 13.7 Å². The molecular formula is C36H28Cl2N2O5S. The topological polar surface area (TPSA) is 79.1 Å². The van der Waals surface area contributed by atoms with E-state index in [2.05, 4.69) is 0 Å². The number of methoxy groups -OCH3 is 1. The monoisotopic (exact) mass is 670 g/mol. The highest BCUT2D eigenvalue weighted by Crippen LogP contribution is 2.35. The summed E-state index contributed by atoms with van der Waals surface area (Å²) in [6, 6.07) is 28.7. The molecule has 0 saturated heterocycles. The number of ether oxygens (including phenoxy) is 3. The first-order valence-corrected chi connectivity index (χ1v) is 16.0. The molecule has 1 aromatic heterocycles. The summed E-state index contributed by atoms with van der Waals surface area (Å²) < 4.78 is 18.9. The van der Waals surface area contributed by atoms with Crippen molar-refractivity contribution in [2.24, 2.45) is 4.99 Å². The zero-order valence-electron chi connectivity index (χ0n) is 24.9. The van der Waals surface area contributed by atoms with Crippen LogP contribution in [0.4, 0.5) is 0 Å². The summed E-state index contributed by atoms with van der Waals surface area (Å²) in [7, 11) is 1.59. The van der Waals surface area contributed by atoms with E-state index in [0.717, 1.165) is 22.3 Å². The van der Waals surface area contributed by atoms with Crippen molar-refractivity contribution in [3.8, 4) is 11.5 Å². The van der Waals surface area contributed by atoms with E-state index >= 15 is 0 Å². The molecule has 0 radical (unpaired) electrons.